The van der Waals surface area contributed by atoms with Crippen molar-refractivity contribution in [3.8, 4) is 5.75 Å². The minimum absolute atomic E-state index is 0.0488. The molecule has 1 unspecified atom stereocenters. The molecular formula is C13H16F3NO2. The van der Waals surface area contributed by atoms with Gasteiger partial charge in [-0.15, -0.1) is 0 Å². The molecule has 1 atom stereocenters. The number of hydrogen-bond donors (Lipinski definition) is 1. The van der Waals surface area contributed by atoms with Crippen LogP contribution in [0, 0.1) is 5.92 Å². The summed E-state index contributed by atoms with van der Waals surface area (Å²) in [7, 11) is 0. The van der Waals surface area contributed by atoms with Crippen molar-refractivity contribution in [1.82, 2.24) is 0 Å². The number of rotatable bonds is 4. The Balaban J connectivity index is 2.06. The largest absolute Gasteiger partial charge is 0.493 e. The fourth-order valence-corrected chi connectivity index (χ4v) is 2.03. The van der Waals surface area contributed by atoms with E-state index in [0.29, 0.717) is 24.9 Å². The van der Waals surface area contributed by atoms with Gasteiger partial charge < -0.3 is 15.2 Å². The molecule has 3 nitrogen and oxygen atoms in total. The molecule has 1 aromatic carbocycles. The van der Waals surface area contributed by atoms with E-state index < -0.39 is 11.7 Å². The van der Waals surface area contributed by atoms with E-state index >= 15 is 0 Å². The highest BCUT2D eigenvalue weighted by Crippen LogP contribution is 2.33. The van der Waals surface area contributed by atoms with Gasteiger partial charge in [-0.1, -0.05) is 0 Å². The second kappa shape index (κ2) is 5.79. The molecule has 106 valence electrons. The normalized spacial score (nSPS) is 19.7. The quantitative estimate of drug-likeness (QED) is 0.918. The summed E-state index contributed by atoms with van der Waals surface area (Å²) in [6.07, 6.45) is -3.46. The molecule has 1 saturated heterocycles. The van der Waals surface area contributed by atoms with Gasteiger partial charge in [0.1, 0.15) is 5.75 Å². The van der Waals surface area contributed by atoms with E-state index in [9.17, 15) is 13.2 Å². The maximum Gasteiger partial charge on any atom is 0.416 e. The van der Waals surface area contributed by atoms with E-state index in [0.717, 1.165) is 19.1 Å². The van der Waals surface area contributed by atoms with Crippen molar-refractivity contribution in [1.29, 1.82) is 0 Å². The molecule has 1 aliphatic rings. The van der Waals surface area contributed by atoms with Crippen molar-refractivity contribution < 1.29 is 22.6 Å². The Labute approximate surface area is 109 Å². The molecule has 0 aliphatic carbocycles. The van der Waals surface area contributed by atoms with Crippen LogP contribution in [0.3, 0.4) is 0 Å². The van der Waals surface area contributed by atoms with Gasteiger partial charge in [0.15, 0.2) is 0 Å². The third-order valence-electron chi connectivity index (χ3n) is 3.11. The summed E-state index contributed by atoms with van der Waals surface area (Å²) in [6, 6.07) is 3.71. The highest BCUT2D eigenvalue weighted by Gasteiger charge is 2.33. The van der Waals surface area contributed by atoms with Gasteiger partial charge >= 0.3 is 6.18 Å². The number of halogens is 3. The minimum Gasteiger partial charge on any atom is -0.493 e. The van der Waals surface area contributed by atoms with Gasteiger partial charge in [-0.25, -0.2) is 0 Å². The summed E-state index contributed by atoms with van der Waals surface area (Å²) in [6.45, 7) is 1.65. The number of alkyl halides is 3. The molecular weight excluding hydrogens is 259 g/mol. The third kappa shape index (κ3) is 3.61. The Morgan fingerprint density at radius 2 is 2.16 bits per heavy atom. The molecule has 0 radical (unpaired) electrons. The minimum atomic E-state index is -4.38. The van der Waals surface area contributed by atoms with Crippen molar-refractivity contribution in [3.63, 3.8) is 0 Å². The second-order valence-electron chi connectivity index (χ2n) is 4.56. The molecule has 0 aromatic heterocycles. The molecule has 0 spiro atoms. The van der Waals surface area contributed by atoms with Crippen LogP contribution < -0.4 is 10.5 Å². The van der Waals surface area contributed by atoms with Gasteiger partial charge in [0, 0.05) is 19.1 Å². The first-order chi connectivity index (χ1) is 9.00. The fraction of sp³-hybridized carbons (Fsp3) is 0.538. The SMILES string of the molecule is NCc1cc(OCC2CCOC2)ccc1C(F)(F)F. The number of ether oxygens (including phenoxy) is 2. The number of hydrogen-bond acceptors (Lipinski definition) is 3. The number of nitrogens with two attached hydrogens (primary N) is 1. The zero-order valence-corrected chi connectivity index (χ0v) is 10.4. The van der Waals surface area contributed by atoms with Gasteiger partial charge in [0.2, 0.25) is 0 Å². The van der Waals surface area contributed by atoms with Gasteiger partial charge in [-0.3, -0.25) is 0 Å². The molecule has 1 heterocycles. The monoisotopic (exact) mass is 275 g/mol. The van der Waals surface area contributed by atoms with Crippen molar-refractivity contribution in [2.24, 2.45) is 11.7 Å². The van der Waals surface area contributed by atoms with E-state index in [2.05, 4.69) is 0 Å². The van der Waals surface area contributed by atoms with E-state index in [4.69, 9.17) is 15.2 Å². The molecule has 0 bridgehead atoms. The Hall–Kier alpha value is -1.27. The Morgan fingerprint density at radius 3 is 2.74 bits per heavy atom. The first-order valence-electron chi connectivity index (χ1n) is 6.11. The Kier molecular flexibility index (Phi) is 4.31. The standard InChI is InChI=1S/C13H16F3NO2/c14-13(15,16)12-2-1-11(5-10(12)6-17)19-8-9-3-4-18-7-9/h1-2,5,9H,3-4,6-8,17H2. The van der Waals surface area contributed by atoms with Crippen molar-refractivity contribution in [3.05, 3.63) is 29.3 Å². The van der Waals surface area contributed by atoms with E-state index in [1.54, 1.807) is 0 Å². The van der Waals surface area contributed by atoms with Crippen molar-refractivity contribution in [2.75, 3.05) is 19.8 Å². The predicted octanol–water partition coefficient (Wildman–Crippen LogP) is 2.58. The second-order valence-corrected chi connectivity index (χ2v) is 4.56. The first kappa shape index (κ1) is 14.1. The molecule has 1 aromatic rings. The van der Waals surface area contributed by atoms with Crippen LogP contribution in [-0.2, 0) is 17.5 Å². The average Bonchev–Trinajstić information content (AvgIpc) is 2.88. The van der Waals surface area contributed by atoms with Crippen LogP contribution in [0.25, 0.3) is 0 Å². The Bertz CT molecular complexity index is 428. The lowest BCUT2D eigenvalue weighted by Crippen LogP contribution is -2.14. The molecule has 6 heteroatoms. The Morgan fingerprint density at radius 1 is 1.37 bits per heavy atom. The van der Waals surface area contributed by atoms with Crippen molar-refractivity contribution >= 4 is 0 Å². The highest BCUT2D eigenvalue weighted by molar-refractivity contribution is 5.37. The van der Waals surface area contributed by atoms with E-state index in [1.165, 1.54) is 12.1 Å². The molecule has 1 fully saturated rings. The average molecular weight is 275 g/mol. The summed E-state index contributed by atoms with van der Waals surface area (Å²) >= 11 is 0. The highest BCUT2D eigenvalue weighted by atomic mass is 19.4. The van der Waals surface area contributed by atoms with Gasteiger partial charge in [-0.2, -0.15) is 13.2 Å². The summed E-state index contributed by atoms with van der Waals surface area (Å²) in [5.74, 6) is 0.726. The third-order valence-corrected chi connectivity index (χ3v) is 3.11. The predicted molar refractivity (Wildman–Crippen MR) is 63.8 cm³/mol. The molecule has 0 amide bonds. The van der Waals surface area contributed by atoms with E-state index in [-0.39, 0.29) is 12.1 Å². The van der Waals surface area contributed by atoms with Crippen LogP contribution in [0.1, 0.15) is 17.5 Å². The lowest BCUT2D eigenvalue weighted by Gasteiger charge is -2.15. The first-order valence-corrected chi connectivity index (χ1v) is 6.11. The zero-order chi connectivity index (χ0) is 13.9. The van der Waals surface area contributed by atoms with Crippen LogP contribution >= 0.6 is 0 Å². The van der Waals surface area contributed by atoms with Gasteiger partial charge in [0.05, 0.1) is 18.8 Å². The van der Waals surface area contributed by atoms with Gasteiger partial charge in [0.25, 0.3) is 0 Å². The fourth-order valence-electron chi connectivity index (χ4n) is 2.03. The van der Waals surface area contributed by atoms with Crippen LogP contribution in [0.15, 0.2) is 18.2 Å². The van der Waals surface area contributed by atoms with Crippen LogP contribution in [-0.4, -0.2) is 19.8 Å². The zero-order valence-electron chi connectivity index (χ0n) is 10.4. The van der Waals surface area contributed by atoms with Crippen LogP contribution in [0.5, 0.6) is 5.75 Å². The molecule has 0 saturated carbocycles. The molecule has 2 rings (SSSR count). The maximum atomic E-state index is 12.7. The van der Waals surface area contributed by atoms with Crippen LogP contribution in [0.2, 0.25) is 0 Å². The van der Waals surface area contributed by atoms with Crippen LogP contribution in [0.4, 0.5) is 13.2 Å². The molecule has 2 N–H and O–H groups in total. The van der Waals surface area contributed by atoms with Gasteiger partial charge in [-0.05, 0) is 30.2 Å². The summed E-state index contributed by atoms with van der Waals surface area (Å²) < 4.78 is 48.8. The molecule has 1 aliphatic heterocycles. The molecule has 19 heavy (non-hydrogen) atoms. The summed E-state index contributed by atoms with van der Waals surface area (Å²) in [5, 5.41) is 0. The topological polar surface area (TPSA) is 44.5 Å². The lowest BCUT2D eigenvalue weighted by atomic mass is 10.1. The smallest absolute Gasteiger partial charge is 0.416 e. The summed E-state index contributed by atoms with van der Waals surface area (Å²) in [4.78, 5) is 0. The maximum absolute atomic E-state index is 12.7. The van der Waals surface area contributed by atoms with E-state index in [1.807, 2.05) is 0 Å². The number of benzene rings is 1. The lowest BCUT2D eigenvalue weighted by molar-refractivity contribution is -0.138. The van der Waals surface area contributed by atoms with Crippen molar-refractivity contribution in [2.45, 2.75) is 19.1 Å². The summed E-state index contributed by atoms with van der Waals surface area (Å²) in [5.41, 5.74) is 4.71.